The number of hydrogen-bond donors (Lipinski definition) is 2. The van der Waals surface area contributed by atoms with Gasteiger partial charge in [-0.3, -0.25) is 19.7 Å². The maximum atomic E-state index is 13.4. The van der Waals surface area contributed by atoms with E-state index in [2.05, 4.69) is 40.4 Å². The van der Waals surface area contributed by atoms with Gasteiger partial charge in [0.2, 0.25) is 5.91 Å². The second-order valence-corrected chi connectivity index (χ2v) is 15.2. The van der Waals surface area contributed by atoms with Gasteiger partial charge in [0.25, 0.3) is 5.69 Å². The highest BCUT2D eigenvalue weighted by molar-refractivity contribution is 6.80. The van der Waals surface area contributed by atoms with Crippen LogP contribution < -0.4 is 0 Å². The molecule has 3 unspecified atom stereocenters. The van der Waals surface area contributed by atoms with Crippen molar-refractivity contribution in [3.8, 4) is 0 Å². The van der Waals surface area contributed by atoms with Gasteiger partial charge in [-0.25, -0.2) is 0 Å². The number of nitro benzene ring substituents is 1. The number of Topliss-reactive ketones (excluding diaryl/α,β-unsaturated/α-hetero) is 1. The van der Waals surface area contributed by atoms with E-state index in [1.165, 1.54) is 25.1 Å². The first-order chi connectivity index (χ1) is 14.7. The summed E-state index contributed by atoms with van der Waals surface area (Å²) in [5, 5.41) is 31.0. The predicted molar refractivity (Wildman–Crippen MR) is 124 cm³/mol. The summed E-state index contributed by atoms with van der Waals surface area (Å²) in [6.07, 6.45) is -0.434. The van der Waals surface area contributed by atoms with Gasteiger partial charge in [-0.05, 0) is 5.04 Å². The molecule has 9 heteroatoms. The molecular weight excluding hydrogens is 428 g/mol. The summed E-state index contributed by atoms with van der Waals surface area (Å²) in [6, 6.07) is 5.54. The molecule has 0 radical (unpaired) electrons. The summed E-state index contributed by atoms with van der Waals surface area (Å²) in [4.78, 5) is 37.6. The average molecular weight is 463 g/mol. The van der Waals surface area contributed by atoms with Gasteiger partial charge >= 0.3 is 0 Å². The summed E-state index contributed by atoms with van der Waals surface area (Å²) in [6.45, 7) is 15.8. The number of rotatable bonds is 9. The number of aliphatic hydroxyl groups is 2. The SMILES string of the molecule is C=CC1C(C(C(=O)Cc2ccccc2[N+](=O)[O-])[C@@H](C)C(O)O)C(=O)N1[Si](C)(C)C(C)(C)C. The number of carbonyl (C=O) groups is 2. The van der Waals surface area contributed by atoms with Crippen molar-refractivity contribution >= 4 is 25.6 Å². The highest BCUT2D eigenvalue weighted by Gasteiger charge is 2.60. The zero-order valence-corrected chi connectivity index (χ0v) is 20.6. The van der Waals surface area contributed by atoms with Crippen LogP contribution in [0.5, 0.6) is 0 Å². The molecule has 1 aliphatic heterocycles. The topological polar surface area (TPSA) is 121 Å². The number of carbonyl (C=O) groups excluding carboxylic acids is 2. The standard InChI is InChI=1S/C23H34N2O6Si/c1-8-16-20(21(27)24(16)32(6,7)23(3,4)5)19(14(2)22(28)29)18(26)13-15-11-9-10-12-17(15)25(30)31/h8-12,14,16,19-20,22,28-29H,1,13H2,2-7H3/t14-,16?,19?,20?/m1/s1. The number of aliphatic hydroxyl groups excluding tert-OH is 1. The Morgan fingerprint density at radius 3 is 2.34 bits per heavy atom. The fourth-order valence-corrected chi connectivity index (χ4v) is 6.74. The van der Waals surface area contributed by atoms with Crippen LogP contribution in [0.2, 0.25) is 18.1 Å². The number of amides is 1. The van der Waals surface area contributed by atoms with Crippen molar-refractivity contribution in [2.75, 3.05) is 0 Å². The normalized spacial score (nSPS) is 21.2. The molecular formula is C23H34N2O6Si. The number of β-lactam (4-membered cyclic amide) rings is 1. The van der Waals surface area contributed by atoms with Crippen molar-refractivity contribution in [1.82, 2.24) is 4.57 Å². The van der Waals surface area contributed by atoms with Gasteiger partial charge in [0.05, 0.1) is 16.9 Å². The first-order valence-electron chi connectivity index (χ1n) is 10.7. The number of benzene rings is 1. The Hall–Kier alpha value is -2.36. The minimum Gasteiger partial charge on any atom is -0.368 e. The van der Waals surface area contributed by atoms with Crippen LogP contribution in [0, 0.1) is 27.9 Å². The lowest BCUT2D eigenvalue weighted by Gasteiger charge is -2.59. The molecule has 0 saturated carbocycles. The molecule has 0 aromatic heterocycles. The maximum Gasteiger partial charge on any atom is 0.273 e. The third-order valence-electron chi connectivity index (χ3n) is 7.22. The molecule has 2 rings (SSSR count). The highest BCUT2D eigenvalue weighted by Crippen LogP contribution is 2.48. The molecule has 1 aromatic carbocycles. The lowest BCUT2D eigenvalue weighted by molar-refractivity contribution is -0.385. The van der Waals surface area contributed by atoms with E-state index in [4.69, 9.17) is 0 Å². The van der Waals surface area contributed by atoms with Crippen LogP contribution in [0.4, 0.5) is 5.69 Å². The third-order valence-corrected chi connectivity index (χ3v) is 12.6. The fraction of sp³-hybridized carbons (Fsp3) is 0.565. The van der Waals surface area contributed by atoms with Crippen molar-refractivity contribution in [2.45, 2.75) is 64.6 Å². The lowest BCUT2D eigenvalue weighted by atomic mass is 9.70. The molecule has 1 saturated heterocycles. The minimum atomic E-state index is -2.26. The Balaban J connectivity index is 2.44. The molecule has 8 nitrogen and oxygen atoms in total. The van der Waals surface area contributed by atoms with E-state index in [1.807, 2.05) is 4.57 Å². The monoisotopic (exact) mass is 462 g/mol. The van der Waals surface area contributed by atoms with Crippen LogP contribution in [-0.4, -0.2) is 52.0 Å². The van der Waals surface area contributed by atoms with Crippen LogP contribution in [0.3, 0.4) is 0 Å². The van der Waals surface area contributed by atoms with Gasteiger partial charge in [-0.1, -0.05) is 65.1 Å². The van der Waals surface area contributed by atoms with E-state index in [0.29, 0.717) is 0 Å². The summed E-state index contributed by atoms with van der Waals surface area (Å²) in [5.41, 5.74) is 0.0511. The Bertz CT molecular complexity index is 908. The molecule has 1 amide bonds. The summed E-state index contributed by atoms with van der Waals surface area (Å²) >= 11 is 0. The van der Waals surface area contributed by atoms with Gasteiger partial charge < -0.3 is 14.8 Å². The summed E-state index contributed by atoms with van der Waals surface area (Å²) in [5.74, 6) is -3.35. The molecule has 0 spiro atoms. The highest BCUT2D eigenvalue weighted by atomic mass is 28.3. The number of hydrogen-bond acceptors (Lipinski definition) is 6. The van der Waals surface area contributed by atoms with E-state index in [1.54, 1.807) is 12.1 Å². The van der Waals surface area contributed by atoms with E-state index in [-0.39, 0.29) is 28.6 Å². The Labute approximate surface area is 190 Å². The number of para-hydroxylation sites is 1. The zero-order chi connectivity index (χ0) is 24.6. The largest absolute Gasteiger partial charge is 0.368 e. The smallest absolute Gasteiger partial charge is 0.273 e. The summed E-state index contributed by atoms with van der Waals surface area (Å²) < 4.78 is 1.84. The summed E-state index contributed by atoms with van der Waals surface area (Å²) in [7, 11) is -2.26. The van der Waals surface area contributed by atoms with Crippen molar-refractivity contribution in [3.63, 3.8) is 0 Å². The molecule has 1 aromatic rings. The molecule has 2 N–H and O–H groups in total. The van der Waals surface area contributed by atoms with E-state index < -0.39 is 49.0 Å². The third kappa shape index (κ3) is 4.55. The number of ketones is 1. The quantitative estimate of drug-likeness (QED) is 0.145. The minimum absolute atomic E-state index is 0.124. The molecule has 1 aliphatic rings. The van der Waals surface area contributed by atoms with Gasteiger partial charge in [-0.2, -0.15) is 0 Å². The average Bonchev–Trinajstić information content (AvgIpc) is 2.67. The van der Waals surface area contributed by atoms with Crippen molar-refractivity contribution in [3.05, 3.63) is 52.6 Å². The second kappa shape index (κ2) is 9.25. The first-order valence-corrected chi connectivity index (χ1v) is 13.7. The fourth-order valence-electron chi connectivity index (χ4n) is 4.31. The molecule has 0 bridgehead atoms. The molecule has 32 heavy (non-hydrogen) atoms. The van der Waals surface area contributed by atoms with Crippen molar-refractivity contribution in [2.24, 2.45) is 17.8 Å². The predicted octanol–water partition coefficient (Wildman–Crippen LogP) is 3.29. The molecule has 0 aliphatic carbocycles. The van der Waals surface area contributed by atoms with Crippen LogP contribution in [0.1, 0.15) is 33.3 Å². The van der Waals surface area contributed by atoms with Gasteiger partial charge in [0.1, 0.15) is 5.78 Å². The second-order valence-electron chi connectivity index (χ2n) is 10.1. The Morgan fingerprint density at radius 2 is 1.88 bits per heavy atom. The van der Waals surface area contributed by atoms with E-state index in [9.17, 15) is 29.9 Å². The molecule has 4 atom stereocenters. The Kier molecular flexibility index (Phi) is 7.48. The first kappa shape index (κ1) is 25.9. The van der Waals surface area contributed by atoms with Crippen LogP contribution in [0.25, 0.3) is 0 Å². The van der Waals surface area contributed by atoms with Crippen LogP contribution >= 0.6 is 0 Å². The maximum absolute atomic E-state index is 13.4. The van der Waals surface area contributed by atoms with Crippen molar-refractivity contribution in [1.29, 1.82) is 0 Å². The molecule has 1 heterocycles. The van der Waals surface area contributed by atoms with Crippen LogP contribution in [0.15, 0.2) is 36.9 Å². The Morgan fingerprint density at radius 1 is 1.31 bits per heavy atom. The molecule has 1 fully saturated rings. The lowest BCUT2D eigenvalue weighted by Crippen LogP contribution is -2.74. The van der Waals surface area contributed by atoms with E-state index >= 15 is 0 Å². The number of nitro groups is 1. The number of nitrogens with zero attached hydrogens (tertiary/aromatic N) is 2. The molecule has 176 valence electrons. The van der Waals surface area contributed by atoms with Crippen LogP contribution in [-0.2, 0) is 16.0 Å². The van der Waals surface area contributed by atoms with E-state index in [0.717, 1.165) is 0 Å². The van der Waals surface area contributed by atoms with Gasteiger partial charge in [0.15, 0.2) is 14.5 Å². The van der Waals surface area contributed by atoms with Gasteiger partial charge in [0, 0.05) is 29.9 Å². The van der Waals surface area contributed by atoms with Crippen molar-refractivity contribution < 1.29 is 24.7 Å². The zero-order valence-electron chi connectivity index (χ0n) is 19.6. The van der Waals surface area contributed by atoms with Gasteiger partial charge in [-0.15, -0.1) is 6.58 Å².